The molecule has 0 radical (unpaired) electrons. The first-order valence-corrected chi connectivity index (χ1v) is 6.86. The topological polar surface area (TPSA) is 42.2 Å². The van der Waals surface area contributed by atoms with Crippen LogP contribution >= 0.6 is 11.3 Å². The predicted octanol–water partition coefficient (Wildman–Crippen LogP) is 2.54. The van der Waals surface area contributed by atoms with E-state index >= 15 is 0 Å². The van der Waals surface area contributed by atoms with E-state index in [1.54, 1.807) is 11.3 Å². The Morgan fingerprint density at radius 3 is 2.62 bits per heavy atom. The molecule has 1 aromatic rings. The second-order valence-electron chi connectivity index (χ2n) is 4.90. The van der Waals surface area contributed by atoms with Gasteiger partial charge in [0, 0.05) is 24.0 Å². The van der Waals surface area contributed by atoms with E-state index < -0.39 is 0 Å². The molecule has 16 heavy (non-hydrogen) atoms. The summed E-state index contributed by atoms with van der Waals surface area (Å²) in [6, 6.07) is 0.525. The van der Waals surface area contributed by atoms with Gasteiger partial charge in [0.1, 0.15) is 0 Å². The second-order valence-corrected chi connectivity index (χ2v) is 5.96. The fourth-order valence-corrected chi connectivity index (χ4v) is 2.90. The Kier molecular flexibility index (Phi) is 3.50. The van der Waals surface area contributed by atoms with Crippen LogP contribution in [0.4, 0.5) is 5.13 Å². The molecule has 0 aliphatic heterocycles. The zero-order chi connectivity index (χ0) is 11.7. The minimum atomic E-state index is 0.525. The van der Waals surface area contributed by atoms with E-state index in [1.807, 2.05) is 0 Å². The van der Waals surface area contributed by atoms with Gasteiger partial charge in [-0.05, 0) is 39.5 Å². The minimum absolute atomic E-state index is 0.525. The molecule has 1 saturated carbocycles. The van der Waals surface area contributed by atoms with Gasteiger partial charge < -0.3 is 10.6 Å². The monoisotopic (exact) mass is 239 g/mol. The molecule has 3 nitrogen and oxygen atoms in total. The molecule has 4 heteroatoms. The normalized spacial score (nSPS) is 15.8. The van der Waals surface area contributed by atoms with E-state index in [0.29, 0.717) is 12.6 Å². The lowest BCUT2D eigenvalue weighted by Gasteiger charge is -2.26. The van der Waals surface area contributed by atoms with Crippen LogP contribution in [0.3, 0.4) is 0 Å². The highest BCUT2D eigenvalue weighted by Crippen LogP contribution is 2.34. The Balaban J connectivity index is 2.16. The molecule has 0 spiro atoms. The standard InChI is InChI=1S/C12H21N3S/c1-8(2)15(7-10-4-5-10)12-14-9(3)11(6-13)16-12/h8,10H,4-7,13H2,1-3H3. The van der Waals surface area contributed by atoms with Crippen molar-refractivity contribution in [2.24, 2.45) is 11.7 Å². The SMILES string of the molecule is Cc1nc(N(CC2CC2)C(C)C)sc1CN. The summed E-state index contributed by atoms with van der Waals surface area (Å²) in [5.41, 5.74) is 6.81. The van der Waals surface area contributed by atoms with Crippen LogP contribution in [0, 0.1) is 12.8 Å². The lowest BCUT2D eigenvalue weighted by molar-refractivity contribution is 0.642. The number of aryl methyl sites for hydroxylation is 1. The van der Waals surface area contributed by atoms with Gasteiger partial charge in [-0.15, -0.1) is 11.3 Å². The Labute approximate surface area is 102 Å². The van der Waals surface area contributed by atoms with Gasteiger partial charge >= 0.3 is 0 Å². The number of hydrogen-bond donors (Lipinski definition) is 1. The van der Waals surface area contributed by atoms with Gasteiger partial charge in [0.2, 0.25) is 0 Å². The molecule has 0 saturated heterocycles. The van der Waals surface area contributed by atoms with Gasteiger partial charge in [0.25, 0.3) is 0 Å². The number of rotatable bonds is 5. The average molecular weight is 239 g/mol. The fraction of sp³-hybridized carbons (Fsp3) is 0.750. The molecule has 0 aromatic carbocycles. The van der Waals surface area contributed by atoms with Gasteiger partial charge in [-0.25, -0.2) is 4.98 Å². The van der Waals surface area contributed by atoms with Crippen molar-refractivity contribution in [3.05, 3.63) is 10.6 Å². The van der Waals surface area contributed by atoms with Crippen molar-refractivity contribution >= 4 is 16.5 Å². The highest BCUT2D eigenvalue weighted by molar-refractivity contribution is 7.15. The number of aromatic nitrogens is 1. The van der Waals surface area contributed by atoms with E-state index in [4.69, 9.17) is 5.73 Å². The van der Waals surface area contributed by atoms with Crippen molar-refractivity contribution in [2.45, 2.75) is 46.2 Å². The van der Waals surface area contributed by atoms with E-state index in [0.717, 1.165) is 23.3 Å². The number of nitrogens with two attached hydrogens (primary N) is 1. The quantitative estimate of drug-likeness (QED) is 0.858. The first kappa shape index (κ1) is 11.9. The van der Waals surface area contributed by atoms with Crippen LogP contribution in [0.1, 0.15) is 37.3 Å². The molecule has 0 atom stereocenters. The van der Waals surface area contributed by atoms with E-state index in [-0.39, 0.29) is 0 Å². The summed E-state index contributed by atoms with van der Waals surface area (Å²) in [6.07, 6.45) is 2.77. The van der Waals surface area contributed by atoms with Crippen LogP contribution in [0.15, 0.2) is 0 Å². The molecule has 2 rings (SSSR count). The van der Waals surface area contributed by atoms with Crippen molar-refractivity contribution in [1.29, 1.82) is 0 Å². The Morgan fingerprint density at radius 1 is 1.50 bits per heavy atom. The lowest BCUT2D eigenvalue weighted by Crippen LogP contribution is -2.32. The van der Waals surface area contributed by atoms with E-state index in [1.165, 1.54) is 17.7 Å². The summed E-state index contributed by atoms with van der Waals surface area (Å²) in [7, 11) is 0. The summed E-state index contributed by atoms with van der Waals surface area (Å²) < 4.78 is 0. The van der Waals surface area contributed by atoms with Crippen LogP contribution in [-0.2, 0) is 6.54 Å². The molecule has 1 fully saturated rings. The fourth-order valence-electron chi connectivity index (χ4n) is 1.81. The van der Waals surface area contributed by atoms with Crippen molar-refractivity contribution in [3.8, 4) is 0 Å². The first-order valence-electron chi connectivity index (χ1n) is 6.04. The first-order chi connectivity index (χ1) is 7.61. The maximum absolute atomic E-state index is 5.71. The zero-order valence-corrected chi connectivity index (χ0v) is 11.2. The number of thiazole rings is 1. The van der Waals surface area contributed by atoms with Gasteiger partial charge in [0.05, 0.1) is 5.69 Å². The van der Waals surface area contributed by atoms with Crippen LogP contribution in [0.25, 0.3) is 0 Å². The lowest BCUT2D eigenvalue weighted by atomic mass is 10.3. The van der Waals surface area contributed by atoms with Crippen molar-refractivity contribution < 1.29 is 0 Å². The van der Waals surface area contributed by atoms with Crippen molar-refractivity contribution in [1.82, 2.24) is 4.98 Å². The molecule has 1 heterocycles. The van der Waals surface area contributed by atoms with Crippen molar-refractivity contribution in [3.63, 3.8) is 0 Å². The summed E-state index contributed by atoms with van der Waals surface area (Å²) in [6.45, 7) is 8.30. The largest absolute Gasteiger partial charge is 0.345 e. The van der Waals surface area contributed by atoms with E-state index in [2.05, 4.69) is 30.7 Å². The highest BCUT2D eigenvalue weighted by atomic mass is 32.1. The maximum Gasteiger partial charge on any atom is 0.186 e. The molecule has 0 unspecified atom stereocenters. The minimum Gasteiger partial charge on any atom is -0.345 e. The molecular formula is C12H21N3S. The van der Waals surface area contributed by atoms with E-state index in [9.17, 15) is 0 Å². The molecule has 1 aromatic heterocycles. The van der Waals surface area contributed by atoms with Crippen LogP contribution in [0.2, 0.25) is 0 Å². The average Bonchev–Trinajstić information content (AvgIpc) is 2.98. The molecule has 1 aliphatic carbocycles. The van der Waals surface area contributed by atoms with Gasteiger partial charge in [-0.3, -0.25) is 0 Å². The van der Waals surface area contributed by atoms with Gasteiger partial charge in [-0.2, -0.15) is 0 Å². The maximum atomic E-state index is 5.71. The number of hydrogen-bond acceptors (Lipinski definition) is 4. The molecular weight excluding hydrogens is 218 g/mol. The number of anilines is 1. The second kappa shape index (κ2) is 4.72. The summed E-state index contributed by atoms with van der Waals surface area (Å²) >= 11 is 1.76. The Morgan fingerprint density at radius 2 is 2.19 bits per heavy atom. The molecule has 90 valence electrons. The predicted molar refractivity (Wildman–Crippen MR) is 69.9 cm³/mol. The molecule has 1 aliphatic rings. The summed E-state index contributed by atoms with van der Waals surface area (Å²) in [5.74, 6) is 0.896. The summed E-state index contributed by atoms with van der Waals surface area (Å²) in [5, 5.41) is 1.15. The third-order valence-corrected chi connectivity index (χ3v) is 4.30. The molecule has 2 N–H and O–H groups in total. The Bertz CT molecular complexity index is 355. The van der Waals surface area contributed by atoms with Crippen LogP contribution < -0.4 is 10.6 Å². The number of nitrogens with zero attached hydrogens (tertiary/aromatic N) is 2. The molecule has 0 amide bonds. The van der Waals surface area contributed by atoms with Crippen molar-refractivity contribution in [2.75, 3.05) is 11.4 Å². The van der Waals surface area contributed by atoms with Crippen LogP contribution in [-0.4, -0.2) is 17.6 Å². The third kappa shape index (κ3) is 2.55. The zero-order valence-electron chi connectivity index (χ0n) is 10.4. The Hall–Kier alpha value is -0.610. The summed E-state index contributed by atoms with van der Waals surface area (Å²) in [4.78, 5) is 8.29. The third-order valence-electron chi connectivity index (χ3n) is 3.09. The molecule has 0 bridgehead atoms. The van der Waals surface area contributed by atoms with Crippen LogP contribution in [0.5, 0.6) is 0 Å². The van der Waals surface area contributed by atoms with Gasteiger partial charge in [0.15, 0.2) is 5.13 Å². The van der Waals surface area contributed by atoms with Gasteiger partial charge in [-0.1, -0.05) is 0 Å². The highest BCUT2D eigenvalue weighted by Gasteiger charge is 2.27. The smallest absolute Gasteiger partial charge is 0.186 e.